The number of amides is 1. The van der Waals surface area contributed by atoms with E-state index in [0.29, 0.717) is 16.4 Å². The number of aromatic nitrogens is 1. The maximum atomic E-state index is 12.4. The van der Waals surface area contributed by atoms with Crippen LogP contribution in [0.25, 0.3) is 0 Å². The van der Waals surface area contributed by atoms with E-state index in [4.69, 9.17) is 5.11 Å². The summed E-state index contributed by atoms with van der Waals surface area (Å²) in [6.45, 7) is 0. The molecular formula is C20H19N3O4S2. The minimum absolute atomic E-state index is 0.124. The maximum Gasteiger partial charge on any atom is 0.339 e. The average Bonchev–Trinajstić information content (AvgIpc) is 3.14. The van der Waals surface area contributed by atoms with Gasteiger partial charge in [-0.15, -0.1) is 11.8 Å². The van der Waals surface area contributed by atoms with E-state index in [9.17, 15) is 14.7 Å². The topological polar surface area (TPSA) is 103 Å². The van der Waals surface area contributed by atoms with Crippen molar-refractivity contribution in [3.63, 3.8) is 0 Å². The van der Waals surface area contributed by atoms with E-state index < -0.39 is 5.97 Å². The SMILES string of the molecule is CN(C)c1ccc(C(=O)Nc2ncc(SCc3ccc(O)c(C(=O)O)c3)s2)cc1. The lowest BCUT2D eigenvalue weighted by atomic mass is 10.1. The van der Waals surface area contributed by atoms with Crippen molar-refractivity contribution in [2.24, 2.45) is 0 Å². The summed E-state index contributed by atoms with van der Waals surface area (Å²) in [4.78, 5) is 29.7. The summed E-state index contributed by atoms with van der Waals surface area (Å²) >= 11 is 2.82. The van der Waals surface area contributed by atoms with Crippen LogP contribution in [-0.4, -0.2) is 41.2 Å². The second-order valence-electron chi connectivity index (χ2n) is 6.33. The van der Waals surface area contributed by atoms with Crippen molar-refractivity contribution in [2.45, 2.75) is 9.96 Å². The molecule has 9 heteroatoms. The lowest BCUT2D eigenvalue weighted by Gasteiger charge is -2.12. The Hall–Kier alpha value is -3.04. The molecule has 1 amide bonds. The molecule has 0 radical (unpaired) electrons. The van der Waals surface area contributed by atoms with Crippen molar-refractivity contribution in [1.82, 2.24) is 4.98 Å². The number of carbonyl (C=O) groups is 2. The number of thiazole rings is 1. The fourth-order valence-electron chi connectivity index (χ4n) is 2.46. The first-order chi connectivity index (χ1) is 13.8. The molecule has 0 saturated carbocycles. The van der Waals surface area contributed by atoms with E-state index in [2.05, 4.69) is 10.3 Å². The number of aromatic hydroxyl groups is 1. The largest absolute Gasteiger partial charge is 0.507 e. The van der Waals surface area contributed by atoms with Crippen molar-refractivity contribution in [3.05, 3.63) is 65.4 Å². The predicted octanol–water partition coefficient (Wildman–Crippen LogP) is 4.16. The summed E-state index contributed by atoms with van der Waals surface area (Å²) in [5, 5.41) is 21.9. The van der Waals surface area contributed by atoms with Crippen molar-refractivity contribution in [2.75, 3.05) is 24.3 Å². The minimum Gasteiger partial charge on any atom is -0.507 e. The van der Waals surface area contributed by atoms with Gasteiger partial charge < -0.3 is 15.1 Å². The summed E-state index contributed by atoms with van der Waals surface area (Å²) in [7, 11) is 3.87. The van der Waals surface area contributed by atoms with Gasteiger partial charge in [0.25, 0.3) is 5.91 Å². The van der Waals surface area contributed by atoms with Gasteiger partial charge in [0.15, 0.2) is 5.13 Å². The number of phenols is 1. The van der Waals surface area contributed by atoms with E-state index in [0.717, 1.165) is 15.5 Å². The number of hydrogen-bond donors (Lipinski definition) is 3. The molecule has 2 aromatic carbocycles. The fourth-order valence-corrected chi connectivity index (χ4v) is 4.27. The molecule has 0 fully saturated rings. The molecule has 0 spiro atoms. The van der Waals surface area contributed by atoms with E-state index in [1.807, 2.05) is 31.1 Å². The van der Waals surface area contributed by atoms with Crippen LogP contribution in [-0.2, 0) is 5.75 Å². The number of aromatic carboxylic acids is 1. The van der Waals surface area contributed by atoms with Gasteiger partial charge in [0, 0.05) is 31.1 Å². The molecule has 1 heterocycles. The molecule has 0 aliphatic heterocycles. The highest BCUT2D eigenvalue weighted by atomic mass is 32.2. The van der Waals surface area contributed by atoms with Gasteiger partial charge in [-0.2, -0.15) is 0 Å². The van der Waals surface area contributed by atoms with Crippen LogP contribution in [0.2, 0.25) is 0 Å². The van der Waals surface area contributed by atoms with Gasteiger partial charge in [0.2, 0.25) is 0 Å². The number of rotatable bonds is 7. The van der Waals surface area contributed by atoms with Crippen LogP contribution in [0.1, 0.15) is 26.3 Å². The Morgan fingerprint density at radius 3 is 2.55 bits per heavy atom. The van der Waals surface area contributed by atoms with Crippen LogP contribution in [0.15, 0.2) is 52.9 Å². The first-order valence-electron chi connectivity index (χ1n) is 8.56. The summed E-state index contributed by atoms with van der Waals surface area (Å²) in [5.74, 6) is -1.14. The first-order valence-corrected chi connectivity index (χ1v) is 10.4. The molecule has 150 valence electrons. The van der Waals surface area contributed by atoms with Crippen molar-refractivity contribution < 1.29 is 19.8 Å². The number of anilines is 2. The summed E-state index contributed by atoms with van der Waals surface area (Å²) < 4.78 is 0.883. The monoisotopic (exact) mass is 429 g/mol. The Morgan fingerprint density at radius 2 is 1.90 bits per heavy atom. The molecule has 29 heavy (non-hydrogen) atoms. The zero-order valence-electron chi connectivity index (χ0n) is 15.7. The van der Waals surface area contributed by atoms with Crippen LogP contribution < -0.4 is 10.2 Å². The Kier molecular flexibility index (Phi) is 6.40. The number of carboxylic acids is 1. The van der Waals surface area contributed by atoms with Gasteiger partial charge >= 0.3 is 5.97 Å². The molecule has 7 nitrogen and oxygen atoms in total. The van der Waals surface area contributed by atoms with Gasteiger partial charge in [-0.1, -0.05) is 17.4 Å². The second-order valence-corrected chi connectivity index (χ2v) is 8.63. The highest BCUT2D eigenvalue weighted by Crippen LogP contribution is 2.32. The minimum atomic E-state index is -1.17. The molecule has 0 bridgehead atoms. The van der Waals surface area contributed by atoms with Gasteiger partial charge in [-0.25, -0.2) is 9.78 Å². The number of carboxylic acid groups (broad SMARTS) is 1. The molecule has 3 N–H and O–H groups in total. The Balaban J connectivity index is 1.60. The lowest BCUT2D eigenvalue weighted by molar-refractivity contribution is 0.0693. The second kappa shape index (κ2) is 8.97. The summed E-state index contributed by atoms with van der Waals surface area (Å²) in [6.07, 6.45) is 1.67. The van der Waals surface area contributed by atoms with Gasteiger partial charge in [-0.05, 0) is 42.0 Å². The molecule has 0 aliphatic rings. The molecular weight excluding hydrogens is 410 g/mol. The van der Waals surface area contributed by atoms with E-state index in [1.54, 1.807) is 24.4 Å². The van der Waals surface area contributed by atoms with E-state index in [-0.39, 0.29) is 17.2 Å². The van der Waals surface area contributed by atoms with Crippen LogP contribution in [0.3, 0.4) is 0 Å². The van der Waals surface area contributed by atoms with Crippen molar-refractivity contribution in [3.8, 4) is 5.75 Å². The summed E-state index contributed by atoms with van der Waals surface area (Å²) in [6, 6.07) is 11.8. The van der Waals surface area contributed by atoms with Gasteiger partial charge in [0.05, 0.1) is 10.4 Å². The number of thioether (sulfide) groups is 1. The number of benzene rings is 2. The van der Waals surface area contributed by atoms with Crippen LogP contribution in [0.4, 0.5) is 10.8 Å². The number of hydrogen-bond acceptors (Lipinski definition) is 7. The third-order valence-corrected chi connectivity index (χ3v) is 6.20. The van der Waals surface area contributed by atoms with Crippen molar-refractivity contribution in [1.29, 1.82) is 0 Å². The standard InChI is InChI=1S/C20H19N3O4S2/c1-23(2)14-6-4-13(5-7-14)18(25)22-20-21-10-17(29-20)28-11-12-3-8-16(24)15(9-12)19(26)27/h3-10,24H,11H2,1-2H3,(H,26,27)(H,21,22,25). The molecule has 3 aromatic rings. The highest BCUT2D eigenvalue weighted by molar-refractivity contribution is 8.00. The number of nitrogens with zero attached hydrogens (tertiary/aromatic N) is 2. The fraction of sp³-hybridized carbons (Fsp3) is 0.150. The predicted molar refractivity (Wildman–Crippen MR) is 115 cm³/mol. The smallest absolute Gasteiger partial charge is 0.339 e. The molecule has 0 saturated heterocycles. The normalized spacial score (nSPS) is 10.6. The third-order valence-electron chi connectivity index (χ3n) is 4.02. The number of carbonyl (C=O) groups excluding carboxylic acids is 1. The third kappa shape index (κ3) is 5.27. The summed E-state index contributed by atoms with van der Waals surface area (Å²) in [5.41, 5.74) is 2.20. The van der Waals surface area contributed by atoms with Gasteiger partial charge in [-0.3, -0.25) is 10.1 Å². The van der Waals surface area contributed by atoms with E-state index >= 15 is 0 Å². The molecule has 1 aromatic heterocycles. The Bertz CT molecular complexity index is 1030. The highest BCUT2D eigenvalue weighted by Gasteiger charge is 2.12. The van der Waals surface area contributed by atoms with Crippen LogP contribution in [0.5, 0.6) is 5.75 Å². The quantitative estimate of drug-likeness (QED) is 0.485. The zero-order valence-corrected chi connectivity index (χ0v) is 17.4. The van der Waals surface area contributed by atoms with Crippen LogP contribution in [0, 0.1) is 0 Å². The van der Waals surface area contributed by atoms with Gasteiger partial charge in [0.1, 0.15) is 11.3 Å². The van der Waals surface area contributed by atoms with E-state index in [1.165, 1.54) is 35.2 Å². The molecule has 0 atom stereocenters. The Morgan fingerprint density at radius 1 is 1.17 bits per heavy atom. The number of nitrogens with one attached hydrogen (secondary N) is 1. The Labute approximate surface area is 176 Å². The molecule has 0 aliphatic carbocycles. The maximum absolute atomic E-state index is 12.4. The van der Waals surface area contributed by atoms with Crippen molar-refractivity contribution >= 4 is 45.8 Å². The lowest BCUT2D eigenvalue weighted by Crippen LogP contribution is -2.12. The molecule has 0 unspecified atom stereocenters. The average molecular weight is 430 g/mol. The zero-order chi connectivity index (χ0) is 21.0. The first kappa shape index (κ1) is 20.7. The molecule has 3 rings (SSSR count). The van der Waals surface area contributed by atoms with Crippen LogP contribution >= 0.6 is 23.1 Å².